The zero-order chi connectivity index (χ0) is 14.9. The Bertz CT molecular complexity index is 611. The molecule has 0 spiro atoms. The molecule has 0 saturated carbocycles. The van der Waals surface area contributed by atoms with Crippen molar-refractivity contribution >= 4 is 21.5 Å². The number of carboxylic acids is 1. The monoisotopic (exact) mass is 297 g/mol. The molecule has 1 saturated heterocycles. The second-order valence-electron chi connectivity index (χ2n) is 5.04. The number of anilines is 1. The minimum absolute atomic E-state index is 0.0363. The van der Waals surface area contributed by atoms with Crippen molar-refractivity contribution in [3.63, 3.8) is 0 Å². The van der Waals surface area contributed by atoms with Gasteiger partial charge in [0, 0.05) is 12.6 Å². The number of rotatable bonds is 4. The number of carboxylic acid groups (broad SMARTS) is 1. The first-order chi connectivity index (χ1) is 9.38. The van der Waals surface area contributed by atoms with Crippen molar-refractivity contribution in [1.82, 2.24) is 0 Å². The fraction of sp³-hybridized carbons (Fsp3) is 0.500. The molecule has 1 aromatic carbocycles. The van der Waals surface area contributed by atoms with E-state index < -0.39 is 21.7 Å². The molecule has 1 aliphatic rings. The third-order valence-corrected chi connectivity index (χ3v) is 5.74. The molecule has 1 heterocycles. The van der Waals surface area contributed by atoms with Gasteiger partial charge < -0.3 is 10.0 Å². The first kappa shape index (κ1) is 14.8. The fourth-order valence-corrected chi connectivity index (χ4v) is 3.82. The van der Waals surface area contributed by atoms with Gasteiger partial charge in [0.25, 0.3) is 0 Å². The van der Waals surface area contributed by atoms with Gasteiger partial charge in [0.15, 0.2) is 9.84 Å². The summed E-state index contributed by atoms with van der Waals surface area (Å²) in [5, 5.41) is 9.18. The van der Waals surface area contributed by atoms with Gasteiger partial charge in [-0.25, -0.2) is 8.42 Å². The maximum absolute atomic E-state index is 12.2. The highest BCUT2D eigenvalue weighted by Crippen LogP contribution is 2.34. The zero-order valence-corrected chi connectivity index (χ0v) is 12.4. The van der Waals surface area contributed by atoms with Crippen molar-refractivity contribution in [3.05, 3.63) is 24.3 Å². The van der Waals surface area contributed by atoms with Crippen LogP contribution in [0, 0.1) is 5.92 Å². The van der Waals surface area contributed by atoms with E-state index in [2.05, 4.69) is 0 Å². The predicted octanol–water partition coefficient (Wildman–Crippen LogP) is 1.78. The lowest BCUT2D eigenvalue weighted by Gasteiger charge is -2.27. The molecule has 1 aromatic rings. The number of aliphatic carboxylic acids is 1. The molecule has 2 atom stereocenters. The standard InChI is InChI=1S/C14H19NO4S/c1-3-20(18,19)13-7-5-4-6-12(13)15-9-8-11(10(15)2)14(16)17/h4-7,10-11H,3,8-9H2,1-2H3,(H,16,17). The number of hydrogen-bond acceptors (Lipinski definition) is 4. The van der Waals surface area contributed by atoms with E-state index in [0.29, 0.717) is 23.5 Å². The van der Waals surface area contributed by atoms with Gasteiger partial charge in [-0.05, 0) is 25.5 Å². The van der Waals surface area contributed by atoms with E-state index in [-0.39, 0.29) is 11.8 Å². The minimum atomic E-state index is -3.32. The molecule has 110 valence electrons. The number of benzene rings is 1. The average Bonchev–Trinajstić information content (AvgIpc) is 2.80. The zero-order valence-electron chi connectivity index (χ0n) is 11.6. The highest BCUT2D eigenvalue weighted by Gasteiger charge is 2.37. The van der Waals surface area contributed by atoms with Gasteiger partial charge >= 0.3 is 5.97 Å². The summed E-state index contributed by atoms with van der Waals surface area (Å²) in [4.78, 5) is 13.4. The van der Waals surface area contributed by atoms with Crippen LogP contribution in [0.25, 0.3) is 0 Å². The highest BCUT2D eigenvalue weighted by atomic mass is 32.2. The number of para-hydroxylation sites is 1. The summed E-state index contributed by atoms with van der Waals surface area (Å²) in [6.45, 7) is 4.01. The molecule has 0 radical (unpaired) electrons. The maximum Gasteiger partial charge on any atom is 0.308 e. The Morgan fingerprint density at radius 3 is 2.60 bits per heavy atom. The largest absolute Gasteiger partial charge is 0.481 e. The fourth-order valence-electron chi connectivity index (χ4n) is 2.72. The third-order valence-electron chi connectivity index (χ3n) is 3.96. The van der Waals surface area contributed by atoms with Gasteiger partial charge in [0.2, 0.25) is 0 Å². The summed E-state index contributed by atoms with van der Waals surface area (Å²) in [6.07, 6.45) is 0.539. The summed E-state index contributed by atoms with van der Waals surface area (Å²) in [5.41, 5.74) is 0.616. The molecule has 1 N–H and O–H groups in total. The third kappa shape index (κ3) is 2.52. The van der Waals surface area contributed by atoms with Crippen LogP contribution in [-0.2, 0) is 14.6 Å². The van der Waals surface area contributed by atoms with Crippen molar-refractivity contribution in [1.29, 1.82) is 0 Å². The minimum Gasteiger partial charge on any atom is -0.481 e. The van der Waals surface area contributed by atoms with Crippen LogP contribution < -0.4 is 4.90 Å². The van der Waals surface area contributed by atoms with Crippen LogP contribution in [0.5, 0.6) is 0 Å². The first-order valence-electron chi connectivity index (χ1n) is 6.69. The van der Waals surface area contributed by atoms with Crippen LogP contribution in [0.4, 0.5) is 5.69 Å². The Kier molecular flexibility index (Phi) is 4.04. The summed E-state index contributed by atoms with van der Waals surface area (Å²) in [6, 6.07) is 6.62. The van der Waals surface area contributed by atoms with Gasteiger partial charge in [-0.3, -0.25) is 4.79 Å². The quantitative estimate of drug-likeness (QED) is 0.917. The van der Waals surface area contributed by atoms with E-state index in [0.717, 1.165) is 0 Å². The van der Waals surface area contributed by atoms with Crippen LogP contribution in [0.2, 0.25) is 0 Å². The Morgan fingerprint density at radius 1 is 1.40 bits per heavy atom. The van der Waals surface area contributed by atoms with E-state index in [1.54, 1.807) is 31.2 Å². The SMILES string of the molecule is CCS(=O)(=O)c1ccccc1N1CCC(C(=O)O)C1C. The average molecular weight is 297 g/mol. The Labute approximate surface area is 119 Å². The number of hydrogen-bond donors (Lipinski definition) is 1. The van der Waals surface area contributed by atoms with Crippen LogP contribution in [0.1, 0.15) is 20.3 Å². The number of nitrogens with zero attached hydrogens (tertiary/aromatic N) is 1. The van der Waals surface area contributed by atoms with E-state index in [1.807, 2.05) is 11.8 Å². The van der Waals surface area contributed by atoms with Crippen LogP contribution >= 0.6 is 0 Å². The molecule has 0 aliphatic carbocycles. The molecule has 0 aromatic heterocycles. The van der Waals surface area contributed by atoms with Gasteiger partial charge in [-0.1, -0.05) is 19.1 Å². The number of carbonyl (C=O) groups is 1. The Hall–Kier alpha value is -1.56. The van der Waals surface area contributed by atoms with E-state index >= 15 is 0 Å². The molecule has 2 rings (SSSR count). The lowest BCUT2D eigenvalue weighted by molar-refractivity contribution is -0.141. The normalized spacial score (nSPS) is 23.0. The van der Waals surface area contributed by atoms with E-state index in [4.69, 9.17) is 0 Å². The van der Waals surface area contributed by atoms with Crippen molar-refractivity contribution in [3.8, 4) is 0 Å². The molecule has 1 aliphatic heterocycles. The first-order valence-corrected chi connectivity index (χ1v) is 8.35. The van der Waals surface area contributed by atoms with Gasteiger partial charge in [-0.2, -0.15) is 0 Å². The summed E-state index contributed by atoms with van der Waals surface area (Å²) in [7, 11) is -3.32. The molecular weight excluding hydrogens is 278 g/mol. The Balaban J connectivity index is 2.43. The summed E-state index contributed by atoms with van der Waals surface area (Å²) >= 11 is 0. The molecular formula is C14H19NO4S. The van der Waals surface area contributed by atoms with Crippen molar-refractivity contribution in [2.45, 2.75) is 31.2 Å². The van der Waals surface area contributed by atoms with Crippen molar-refractivity contribution in [2.24, 2.45) is 5.92 Å². The molecule has 20 heavy (non-hydrogen) atoms. The van der Waals surface area contributed by atoms with Crippen LogP contribution in [-0.4, -0.2) is 37.8 Å². The lowest BCUT2D eigenvalue weighted by atomic mass is 10.0. The lowest BCUT2D eigenvalue weighted by Crippen LogP contribution is -2.33. The molecule has 0 bridgehead atoms. The smallest absolute Gasteiger partial charge is 0.308 e. The van der Waals surface area contributed by atoms with Gasteiger partial charge in [-0.15, -0.1) is 0 Å². The maximum atomic E-state index is 12.2. The highest BCUT2D eigenvalue weighted by molar-refractivity contribution is 7.91. The van der Waals surface area contributed by atoms with Gasteiger partial charge in [0.05, 0.1) is 22.3 Å². The second-order valence-corrected chi connectivity index (χ2v) is 7.29. The van der Waals surface area contributed by atoms with Crippen molar-refractivity contribution in [2.75, 3.05) is 17.2 Å². The second kappa shape index (κ2) is 5.44. The van der Waals surface area contributed by atoms with E-state index in [9.17, 15) is 18.3 Å². The molecule has 5 nitrogen and oxygen atoms in total. The topological polar surface area (TPSA) is 74.7 Å². The summed E-state index contributed by atoms with van der Waals surface area (Å²) in [5.74, 6) is -1.24. The number of sulfone groups is 1. The molecule has 6 heteroatoms. The Morgan fingerprint density at radius 2 is 2.05 bits per heavy atom. The van der Waals surface area contributed by atoms with Gasteiger partial charge in [0.1, 0.15) is 0 Å². The molecule has 1 fully saturated rings. The van der Waals surface area contributed by atoms with Crippen LogP contribution in [0.15, 0.2) is 29.2 Å². The molecule has 0 amide bonds. The van der Waals surface area contributed by atoms with E-state index in [1.165, 1.54) is 0 Å². The summed E-state index contributed by atoms with van der Waals surface area (Å²) < 4.78 is 24.3. The van der Waals surface area contributed by atoms with Crippen molar-refractivity contribution < 1.29 is 18.3 Å². The molecule has 2 unspecified atom stereocenters. The predicted molar refractivity (Wildman–Crippen MR) is 76.7 cm³/mol. The van der Waals surface area contributed by atoms with Crippen LogP contribution in [0.3, 0.4) is 0 Å².